The Morgan fingerprint density at radius 1 is 1.22 bits per heavy atom. The molecule has 2 N–H and O–H groups in total. The van der Waals surface area contributed by atoms with E-state index in [0.717, 1.165) is 11.4 Å². The molecule has 2 rings (SSSR count). The molecule has 0 saturated carbocycles. The highest BCUT2D eigenvalue weighted by Crippen LogP contribution is 2.00. The molecule has 92 valence electrons. The van der Waals surface area contributed by atoms with Crippen molar-refractivity contribution in [1.82, 2.24) is 20.5 Å². The molecule has 0 aromatic carbocycles. The van der Waals surface area contributed by atoms with Crippen LogP contribution >= 0.6 is 0 Å². The van der Waals surface area contributed by atoms with Gasteiger partial charge in [0.05, 0.1) is 17.0 Å². The molecule has 18 heavy (non-hydrogen) atoms. The predicted octanol–water partition coefficient (Wildman–Crippen LogP) is 0.860. The molecule has 0 fully saturated rings. The summed E-state index contributed by atoms with van der Waals surface area (Å²) in [6, 6.07) is 6.92. The normalized spacial score (nSPS) is 10.2. The summed E-state index contributed by atoms with van der Waals surface area (Å²) in [6.07, 6.45) is 2.97. The van der Waals surface area contributed by atoms with E-state index < -0.39 is 5.97 Å². The third-order valence-corrected chi connectivity index (χ3v) is 2.31. The van der Waals surface area contributed by atoms with Crippen LogP contribution in [-0.4, -0.2) is 26.3 Å². The van der Waals surface area contributed by atoms with Gasteiger partial charge in [-0.3, -0.25) is 4.98 Å². The fraction of sp³-hybridized carbons (Fsp3) is 0.167. The van der Waals surface area contributed by atoms with Crippen molar-refractivity contribution in [3.8, 4) is 0 Å². The Kier molecular flexibility index (Phi) is 3.93. The van der Waals surface area contributed by atoms with E-state index in [4.69, 9.17) is 5.11 Å². The van der Waals surface area contributed by atoms with Gasteiger partial charge in [-0.25, -0.2) is 4.79 Å². The van der Waals surface area contributed by atoms with E-state index in [1.54, 1.807) is 12.3 Å². The van der Waals surface area contributed by atoms with Crippen LogP contribution in [0.5, 0.6) is 0 Å². The Morgan fingerprint density at radius 3 is 2.67 bits per heavy atom. The van der Waals surface area contributed by atoms with Crippen LogP contribution in [0.15, 0.2) is 36.7 Å². The molecule has 0 bridgehead atoms. The van der Waals surface area contributed by atoms with Gasteiger partial charge in [0.15, 0.2) is 0 Å². The van der Waals surface area contributed by atoms with Crippen molar-refractivity contribution in [3.63, 3.8) is 0 Å². The lowest BCUT2D eigenvalue weighted by Crippen LogP contribution is -2.15. The molecule has 6 heteroatoms. The molecule has 0 aliphatic carbocycles. The first-order valence-electron chi connectivity index (χ1n) is 5.41. The Bertz CT molecular complexity index is 513. The first-order valence-corrected chi connectivity index (χ1v) is 5.41. The molecule has 0 atom stereocenters. The lowest BCUT2D eigenvalue weighted by Gasteiger charge is -2.03. The van der Waals surface area contributed by atoms with E-state index in [2.05, 4.69) is 20.5 Å². The summed E-state index contributed by atoms with van der Waals surface area (Å²) in [5, 5.41) is 19.6. The molecule has 0 radical (unpaired) electrons. The van der Waals surface area contributed by atoms with E-state index in [1.807, 2.05) is 12.1 Å². The van der Waals surface area contributed by atoms with Crippen molar-refractivity contribution in [2.75, 3.05) is 0 Å². The molecule has 0 spiro atoms. The third-order valence-electron chi connectivity index (χ3n) is 2.31. The number of aromatic carboxylic acids is 1. The highest BCUT2D eigenvalue weighted by Gasteiger charge is 2.02. The van der Waals surface area contributed by atoms with Gasteiger partial charge in [-0.05, 0) is 24.3 Å². The second-order valence-electron chi connectivity index (χ2n) is 3.66. The monoisotopic (exact) mass is 244 g/mol. The molecule has 2 aromatic heterocycles. The van der Waals surface area contributed by atoms with E-state index in [9.17, 15) is 4.79 Å². The Labute approximate surface area is 104 Å². The van der Waals surface area contributed by atoms with Gasteiger partial charge in [-0.2, -0.15) is 10.2 Å². The van der Waals surface area contributed by atoms with Crippen molar-refractivity contribution in [3.05, 3.63) is 53.6 Å². The van der Waals surface area contributed by atoms with Gasteiger partial charge in [-0.15, -0.1) is 0 Å². The first kappa shape index (κ1) is 12.1. The number of nitrogens with one attached hydrogen (secondary N) is 1. The quantitative estimate of drug-likeness (QED) is 0.811. The molecule has 6 nitrogen and oxygen atoms in total. The zero-order chi connectivity index (χ0) is 12.8. The summed E-state index contributed by atoms with van der Waals surface area (Å²) in [5.74, 6) is -0.971. The van der Waals surface area contributed by atoms with Crippen molar-refractivity contribution < 1.29 is 9.90 Å². The summed E-state index contributed by atoms with van der Waals surface area (Å²) in [7, 11) is 0. The zero-order valence-corrected chi connectivity index (χ0v) is 9.58. The standard InChI is InChI=1S/C12H12N4O2/c17-12(18)9-3-4-10(14-6-9)7-13-8-11-2-1-5-15-16-11/h1-6,13H,7-8H2,(H,17,18). The van der Waals surface area contributed by atoms with Crippen molar-refractivity contribution in [2.45, 2.75) is 13.1 Å². The van der Waals surface area contributed by atoms with Crippen LogP contribution in [0.3, 0.4) is 0 Å². The van der Waals surface area contributed by atoms with Crippen molar-refractivity contribution in [1.29, 1.82) is 0 Å². The number of hydrogen-bond donors (Lipinski definition) is 2. The molecule has 0 unspecified atom stereocenters. The zero-order valence-electron chi connectivity index (χ0n) is 9.58. The van der Waals surface area contributed by atoms with E-state index >= 15 is 0 Å². The first-order chi connectivity index (χ1) is 8.75. The largest absolute Gasteiger partial charge is 0.478 e. The van der Waals surface area contributed by atoms with Crippen LogP contribution in [0.25, 0.3) is 0 Å². The highest BCUT2D eigenvalue weighted by atomic mass is 16.4. The summed E-state index contributed by atoms with van der Waals surface area (Å²) in [4.78, 5) is 14.7. The van der Waals surface area contributed by atoms with Crippen molar-refractivity contribution >= 4 is 5.97 Å². The minimum Gasteiger partial charge on any atom is -0.478 e. The number of nitrogens with zero attached hydrogens (tertiary/aromatic N) is 3. The predicted molar refractivity (Wildman–Crippen MR) is 63.8 cm³/mol. The van der Waals surface area contributed by atoms with Crippen LogP contribution in [0, 0.1) is 0 Å². The number of pyridine rings is 1. The molecule has 2 heterocycles. The van der Waals surface area contributed by atoms with Crippen LogP contribution in [-0.2, 0) is 13.1 Å². The number of carboxylic acids is 1. The molecular formula is C12H12N4O2. The molecular weight excluding hydrogens is 232 g/mol. The Balaban J connectivity index is 1.85. The third kappa shape index (κ3) is 3.33. The minimum atomic E-state index is -0.971. The van der Waals surface area contributed by atoms with Gasteiger partial charge < -0.3 is 10.4 Å². The van der Waals surface area contributed by atoms with Gasteiger partial charge in [-0.1, -0.05) is 0 Å². The molecule has 0 aliphatic rings. The topological polar surface area (TPSA) is 88.0 Å². The second kappa shape index (κ2) is 5.83. The number of carboxylic acid groups (broad SMARTS) is 1. The smallest absolute Gasteiger partial charge is 0.337 e. The molecule has 0 saturated heterocycles. The van der Waals surface area contributed by atoms with Crippen LogP contribution in [0.2, 0.25) is 0 Å². The number of aromatic nitrogens is 3. The fourth-order valence-electron chi connectivity index (χ4n) is 1.40. The van der Waals surface area contributed by atoms with Crippen LogP contribution in [0.4, 0.5) is 0 Å². The second-order valence-corrected chi connectivity index (χ2v) is 3.66. The van der Waals surface area contributed by atoms with E-state index in [1.165, 1.54) is 12.3 Å². The maximum atomic E-state index is 10.6. The molecule has 2 aromatic rings. The highest BCUT2D eigenvalue weighted by molar-refractivity contribution is 5.87. The summed E-state index contributed by atoms with van der Waals surface area (Å²) in [5.41, 5.74) is 1.82. The SMILES string of the molecule is O=C(O)c1ccc(CNCc2cccnn2)nc1. The lowest BCUT2D eigenvalue weighted by atomic mass is 10.2. The average Bonchev–Trinajstić information content (AvgIpc) is 2.40. The summed E-state index contributed by atoms with van der Waals surface area (Å²) in [6.45, 7) is 1.15. The van der Waals surface area contributed by atoms with Crippen LogP contribution in [0.1, 0.15) is 21.7 Å². The Morgan fingerprint density at radius 2 is 2.06 bits per heavy atom. The van der Waals surface area contributed by atoms with Gasteiger partial charge >= 0.3 is 5.97 Å². The van der Waals surface area contributed by atoms with Gasteiger partial charge in [0.25, 0.3) is 0 Å². The van der Waals surface area contributed by atoms with Gasteiger partial charge in [0.1, 0.15) is 0 Å². The average molecular weight is 244 g/mol. The Hall–Kier alpha value is -2.34. The number of carbonyl (C=O) groups is 1. The number of hydrogen-bond acceptors (Lipinski definition) is 5. The lowest BCUT2D eigenvalue weighted by molar-refractivity contribution is 0.0696. The van der Waals surface area contributed by atoms with Crippen molar-refractivity contribution in [2.24, 2.45) is 0 Å². The minimum absolute atomic E-state index is 0.188. The van der Waals surface area contributed by atoms with E-state index in [0.29, 0.717) is 13.1 Å². The van der Waals surface area contributed by atoms with E-state index in [-0.39, 0.29) is 5.56 Å². The maximum absolute atomic E-state index is 10.6. The maximum Gasteiger partial charge on any atom is 0.337 e. The van der Waals surface area contributed by atoms with Crippen LogP contribution < -0.4 is 5.32 Å². The summed E-state index contributed by atoms with van der Waals surface area (Å²) >= 11 is 0. The van der Waals surface area contributed by atoms with Gasteiger partial charge in [0.2, 0.25) is 0 Å². The summed E-state index contributed by atoms with van der Waals surface area (Å²) < 4.78 is 0. The van der Waals surface area contributed by atoms with Gasteiger partial charge in [0, 0.05) is 25.5 Å². The fourth-order valence-corrected chi connectivity index (χ4v) is 1.40. The number of rotatable bonds is 5. The molecule has 0 amide bonds. The molecule has 0 aliphatic heterocycles.